The van der Waals surface area contributed by atoms with Gasteiger partial charge in [-0.25, -0.2) is 9.37 Å². The number of hydrogen-bond acceptors (Lipinski definition) is 6. The number of carbonyl (C=O) groups is 1. The Morgan fingerprint density at radius 3 is 2.71 bits per heavy atom. The van der Waals surface area contributed by atoms with Crippen molar-refractivity contribution in [1.29, 1.82) is 0 Å². The van der Waals surface area contributed by atoms with Crippen molar-refractivity contribution in [2.75, 3.05) is 39.4 Å². The van der Waals surface area contributed by atoms with Crippen LogP contribution in [0.5, 0.6) is 0 Å². The van der Waals surface area contributed by atoms with Gasteiger partial charge in [0.05, 0.1) is 19.8 Å². The highest BCUT2D eigenvalue weighted by Gasteiger charge is 2.21. The Balaban J connectivity index is 1.40. The molecule has 180 valence electrons. The molecule has 0 spiro atoms. The summed E-state index contributed by atoms with van der Waals surface area (Å²) in [6, 6.07) is 16.7. The van der Waals surface area contributed by atoms with Gasteiger partial charge in [-0.3, -0.25) is 14.6 Å². The van der Waals surface area contributed by atoms with Crippen LogP contribution in [0.15, 0.2) is 65.3 Å². The second kappa shape index (κ2) is 11.9. The quantitative estimate of drug-likeness (QED) is 0.492. The van der Waals surface area contributed by atoms with E-state index in [-0.39, 0.29) is 23.5 Å². The molecule has 1 aromatic heterocycles. The van der Waals surface area contributed by atoms with Crippen LogP contribution >= 0.6 is 0 Å². The van der Waals surface area contributed by atoms with Crippen molar-refractivity contribution >= 4 is 5.91 Å². The number of hydrogen-bond donors (Lipinski definition) is 1. The maximum atomic E-state index is 13.8. The topological polar surface area (TPSA) is 70.8 Å². The van der Waals surface area contributed by atoms with Crippen molar-refractivity contribution in [2.45, 2.75) is 26.1 Å². The van der Waals surface area contributed by atoms with Gasteiger partial charge in [0.1, 0.15) is 12.1 Å². The maximum absolute atomic E-state index is 13.8. The number of ether oxygens (including phenoxy) is 1. The Hall–Kier alpha value is -3.07. The zero-order valence-electron chi connectivity index (χ0n) is 19.5. The lowest BCUT2D eigenvalue weighted by molar-refractivity contribution is 0.0383. The number of nitrogens with zero attached hydrogens (tertiary/aromatic N) is 3. The van der Waals surface area contributed by atoms with Crippen LogP contribution in [0.4, 0.5) is 4.39 Å². The maximum Gasteiger partial charge on any atom is 0.273 e. The van der Waals surface area contributed by atoms with E-state index in [1.807, 2.05) is 24.3 Å². The van der Waals surface area contributed by atoms with Gasteiger partial charge in [-0.1, -0.05) is 42.5 Å². The van der Waals surface area contributed by atoms with Crippen LogP contribution in [0.2, 0.25) is 0 Å². The average Bonchev–Trinajstić information content (AvgIpc) is 3.33. The molecular weight excluding hydrogens is 435 g/mol. The third-order valence-corrected chi connectivity index (χ3v) is 6.04. The first kappa shape index (κ1) is 24.1. The summed E-state index contributed by atoms with van der Waals surface area (Å²) in [6.45, 7) is 7.52. The third kappa shape index (κ3) is 6.72. The molecule has 0 radical (unpaired) electrons. The number of carbonyl (C=O) groups excluding carboxylic acids is 1. The number of rotatable bonds is 10. The monoisotopic (exact) mass is 466 g/mol. The largest absolute Gasteiger partial charge is 0.447 e. The minimum Gasteiger partial charge on any atom is -0.447 e. The number of aromatic nitrogens is 1. The molecule has 34 heavy (non-hydrogen) atoms. The van der Waals surface area contributed by atoms with Crippen LogP contribution in [-0.2, 0) is 17.8 Å². The molecule has 3 aromatic rings. The van der Waals surface area contributed by atoms with Crippen LogP contribution < -0.4 is 5.32 Å². The molecule has 0 saturated carbocycles. The summed E-state index contributed by atoms with van der Waals surface area (Å²) in [5.74, 6) is -0.0782. The molecule has 0 bridgehead atoms. The van der Waals surface area contributed by atoms with Gasteiger partial charge in [-0.15, -0.1) is 0 Å². The van der Waals surface area contributed by atoms with E-state index in [9.17, 15) is 9.18 Å². The van der Waals surface area contributed by atoms with Crippen LogP contribution in [-0.4, -0.2) is 60.1 Å². The molecule has 1 fully saturated rings. The van der Waals surface area contributed by atoms with Gasteiger partial charge >= 0.3 is 0 Å². The molecule has 1 saturated heterocycles. The van der Waals surface area contributed by atoms with Gasteiger partial charge in [0.25, 0.3) is 5.91 Å². The predicted octanol–water partition coefficient (Wildman–Crippen LogP) is 3.64. The lowest BCUT2D eigenvalue weighted by atomic mass is 10.1. The number of amides is 1. The summed E-state index contributed by atoms with van der Waals surface area (Å²) in [6.07, 6.45) is 1.40. The molecule has 1 atom stereocenters. The van der Waals surface area contributed by atoms with E-state index in [1.54, 1.807) is 6.07 Å². The zero-order chi connectivity index (χ0) is 23.8. The molecule has 2 heterocycles. The zero-order valence-corrected chi connectivity index (χ0v) is 19.5. The fourth-order valence-electron chi connectivity index (χ4n) is 4.05. The number of oxazole rings is 1. The van der Waals surface area contributed by atoms with E-state index < -0.39 is 0 Å². The van der Waals surface area contributed by atoms with Gasteiger partial charge < -0.3 is 14.5 Å². The van der Waals surface area contributed by atoms with Crippen molar-refractivity contribution in [3.8, 4) is 0 Å². The standard InChI is InChI=1S/C26H31FN4O3/c1-20(22-7-3-2-4-8-22)31(17-21-6-5-9-23(27)16-21)18-25-29-24(19-34-25)26(32)28-10-11-30-12-14-33-15-13-30/h2-9,16,19-20H,10-15,17-18H2,1H3,(H,28,32)/t20-/m1/s1. The van der Waals surface area contributed by atoms with Crippen molar-refractivity contribution < 1.29 is 18.3 Å². The Kier molecular flexibility index (Phi) is 8.41. The van der Waals surface area contributed by atoms with Crippen molar-refractivity contribution in [2.24, 2.45) is 0 Å². The second-order valence-electron chi connectivity index (χ2n) is 8.46. The average molecular weight is 467 g/mol. The molecule has 1 aliphatic heterocycles. The fourth-order valence-corrected chi connectivity index (χ4v) is 4.05. The van der Waals surface area contributed by atoms with Gasteiger partial charge in [-0.05, 0) is 30.2 Å². The SMILES string of the molecule is C[C@H](c1ccccc1)N(Cc1cccc(F)c1)Cc1nc(C(=O)NCCN2CCOCC2)co1. The first-order valence-corrected chi connectivity index (χ1v) is 11.6. The molecule has 7 nitrogen and oxygen atoms in total. The highest BCUT2D eigenvalue weighted by Crippen LogP contribution is 2.24. The fraction of sp³-hybridized carbons (Fsp3) is 0.385. The van der Waals surface area contributed by atoms with Crippen molar-refractivity contribution in [3.63, 3.8) is 0 Å². The van der Waals surface area contributed by atoms with Crippen LogP contribution in [0.1, 0.15) is 40.5 Å². The summed E-state index contributed by atoms with van der Waals surface area (Å²) < 4.78 is 24.8. The molecule has 0 unspecified atom stereocenters. The Labute approximate surface area is 199 Å². The highest BCUT2D eigenvalue weighted by atomic mass is 19.1. The number of nitrogens with one attached hydrogen (secondary N) is 1. The van der Waals surface area contributed by atoms with E-state index in [0.717, 1.165) is 44.0 Å². The van der Waals surface area contributed by atoms with E-state index in [4.69, 9.17) is 9.15 Å². The van der Waals surface area contributed by atoms with E-state index in [0.29, 0.717) is 25.5 Å². The molecule has 1 amide bonds. The number of halogens is 1. The Morgan fingerprint density at radius 1 is 1.15 bits per heavy atom. The normalized spacial score (nSPS) is 15.4. The molecule has 4 rings (SSSR count). The lowest BCUT2D eigenvalue weighted by Crippen LogP contribution is -2.41. The van der Waals surface area contributed by atoms with Crippen LogP contribution in [0.3, 0.4) is 0 Å². The third-order valence-electron chi connectivity index (χ3n) is 6.04. The van der Waals surface area contributed by atoms with Crippen LogP contribution in [0, 0.1) is 5.82 Å². The predicted molar refractivity (Wildman–Crippen MR) is 127 cm³/mol. The minimum absolute atomic E-state index is 0.0298. The molecule has 1 N–H and O–H groups in total. The first-order valence-electron chi connectivity index (χ1n) is 11.6. The van der Waals surface area contributed by atoms with Crippen LogP contribution in [0.25, 0.3) is 0 Å². The van der Waals surface area contributed by atoms with Gasteiger partial charge in [-0.2, -0.15) is 0 Å². The van der Waals surface area contributed by atoms with E-state index in [1.165, 1.54) is 18.4 Å². The van der Waals surface area contributed by atoms with Gasteiger partial charge in [0.2, 0.25) is 5.89 Å². The van der Waals surface area contributed by atoms with Gasteiger partial charge in [0.15, 0.2) is 5.69 Å². The molecule has 2 aromatic carbocycles. The molecule has 0 aliphatic carbocycles. The smallest absolute Gasteiger partial charge is 0.273 e. The first-order chi connectivity index (χ1) is 16.6. The summed E-state index contributed by atoms with van der Waals surface area (Å²) in [7, 11) is 0. The molecule has 8 heteroatoms. The van der Waals surface area contributed by atoms with Crippen molar-refractivity contribution in [3.05, 3.63) is 89.4 Å². The van der Waals surface area contributed by atoms with E-state index in [2.05, 4.69) is 39.2 Å². The summed E-state index contributed by atoms with van der Waals surface area (Å²) >= 11 is 0. The van der Waals surface area contributed by atoms with E-state index >= 15 is 0 Å². The Bertz CT molecular complexity index is 1050. The second-order valence-corrected chi connectivity index (χ2v) is 8.46. The number of benzene rings is 2. The van der Waals surface area contributed by atoms with Crippen molar-refractivity contribution in [1.82, 2.24) is 20.1 Å². The number of morpholine rings is 1. The summed E-state index contributed by atoms with van der Waals surface area (Å²) in [4.78, 5) is 21.4. The van der Waals surface area contributed by atoms with Gasteiger partial charge in [0, 0.05) is 38.8 Å². The molecular formula is C26H31FN4O3. The highest BCUT2D eigenvalue weighted by molar-refractivity contribution is 5.91. The summed E-state index contributed by atoms with van der Waals surface area (Å²) in [5.41, 5.74) is 2.25. The molecule has 1 aliphatic rings. The minimum atomic E-state index is -0.267. The Morgan fingerprint density at radius 2 is 1.94 bits per heavy atom. The summed E-state index contributed by atoms with van der Waals surface area (Å²) in [5, 5.41) is 2.91. The lowest BCUT2D eigenvalue weighted by Gasteiger charge is -2.28.